The Balaban J connectivity index is 2.86. The van der Waals surface area contributed by atoms with Gasteiger partial charge in [0.25, 0.3) is 0 Å². The van der Waals surface area contributed by atoms with Crippen molar-refractivity contribution in [1.82, 2.24) is 0 Å². The lowest BCUT2D eigenvalue weighted by Crippen LogP contribution is -2.48. The number of halogens is 9. The van der Waals surface area contributed by atoms with E-state index in [1.807, 2.05) is 0 Å². The summed E-state index contributed by atoms with van der Waals surface area (Å²) in [4.78, 5) is 0. The standard InChI is InChI=1S/C10H6F9NO2/c11-5-3-4(1-2-6(5)20)21-8(13,14)7(12)22-10(18,19)9(15,16)17/h1-3,7H,20H2. The summed E-state index contributed by atoms with van der Waals surface area (Å²) in [7, 11) is 0. The zero-order valence-corrected chi connectivity index (χ0v) is 10.1. The lowest BCUT2D eigenvalue weighted by Gasteiger charge is -2.26. The number of ether oxygens (including phenoxy) is 2. The fraction of sp³-hybridized carbons (Fsp3) is 0.400. The van der Waals surface area contributed by atoms with Gasteiger partial charge in [-0.2, -0.15) is 30.7 Å². The molecule has 0 radical (unpaired) electrons. The number of nitrogens with two attached hydrogens (primary N) is 1. The predicted molar refractivity (Wildman–Crippen MR) is 53.4 cm³/mol. The first-order chi connectivity index (χ1) is 9.76. The van der Waals surface area contributed by atoms with Crippen molar-refractivity contribution in [2.45, 2.75) is 24.8 Å². The van der Waals surface area contributed by atoms with Gasteiger partial charge in [-0.1, -0.05) is 0 Å². The molecule has 0 amide bonds. The van der Waals surface area contributed by atoms with E-state index < -0.39 is 42.0 Å². The van der Waals surface area contributed by atoms with Crippen LogP contribution in [0.25, 0.3) is 0 Å². The summed E-state index contributed by atoms with van der Waals surface area (Å²) >= 11 is 0. The second kappa shape index (κ2) is 5.74. The van der Waals surface area contributed by atoms with Crippen molar-refractivity contribution in [3.63, 3.8) is 0 Å². The topological polar surface area (TPSA) is 44.5 Å². The van der Waals surface area contributed by atoms with Gasteiger partial charge < -0.3 is 10.5 Å². The quantitative estimate of drug-likeness (QED) is 0.653. The van der Waals surface area contributed by atoms with Crippen molar-refractivity contribution in [3.05, 3.63) is 24.0 Å². The summed E-state index contributed by atoms with van der Waals surface area (Å²) in [5.74, 6) is -2.33. The van der Waals surface area contributed by atoms with Gasteiger partial charge in [-0.25, -0.2) is 8.78 Å². The number of nitrogen functional groups attached to an aromatic ring is 1. The Labute approximate surface area is 116 Å². The molecule has 0 saturated carbocycles. The van der Waals surface area contributed by atoms with Crippen molar-refractivity contribution < 1.29 is 49.0 Å². The third-order valence-corrected chi connectivity index (χ3v) is 2.07. The van der Waals surface area contributed by atoms with E-state index in [2.05, 4.69) is 9.47 Å². The van der Waals surface area contributed by atoms with Gasteiger partial charge >= 0.3 is 24.8 Å². The molecule has 3 nitrogen and oxygen atoms in total. The van der Waals surface area contributed by atoms with Crippen LogP contribution in [0, 0.1) is 5.82 Å². The number of benzene rings is 1. The van der Waals surface area contributed by atoms with E-state index in [1.54, 1.807) is 0 Å². The average molecular weight is 343 g/mol. The molecule has 0 heterocycles. The molecule has 22 heavy (non-hydrogen) atoms. The molecule has 1 unspecified atom stereocenters. The molecule has 0 bridgehead atoms. The minimum absolute atomic E-state index is 0.248. The van der Waals surface area contributed by atoms with Crippen LogP contribution in [0.2, 0.25) is 0 Å². The monoisotopic (exact) mass is 343 g/mol. The van der Waals surface area contributed by atoms with Crippen molar-refractivity contribution in [1.29, 1.82) is 0 Å². The number of alkyl halides is 8. The molecular weight excluding hydrogens is 337 g/mol. The van der Waals surface area contributed by atoms with E-state index in [1.165, 1.54) is 0 Å². The van der Waals surface area contributed by atoms with Gasteiger partial charge in [-0.15, -0.1) is 0 Å². The lowest BCUT2D eigenvalue weighted by atomic mass is 10.3. The summed E-state index contributed by atoms with van der Waals surface area (Å²) < 4.78 is 118. The van der Waals surface area contributed by atoms with Crippen molar-refractivity contribution >= 4 is 5.69 Å². The highest BCUT2D eigenvalue weighted by molar-refractivity contribution is 5.43. The molecule has 0 aromatic heterocycles. The zero-order chi connectivity index (χ0) is 17.3. The Morgan fingerprint density at radius 3 is 2.00 bits per heavy atom. The smallest absolute Gasteiger partial charge is 0.428 e. The number of anilines is 1. The second-order valence-corrected chi connectivity index (χ2v) is 3.80. The molecule has 0 fully saturated rings. The normalized spacial score (nSPS) is 14.8. The third-order valence-electron chi connectivity index (χ3n) is 2.07. The van der Waals surface area contributed by atoms with Crippen molar-refractivity contribution in [2.75, 3.05) is 5.73 Å². The van der Waals surface area contributed by atoms with Crippen LogP contribution in [0.5, 0.6) is 5.75 Å². The lowest BCUT2D eigenvalue weighted by molar-refractivity contribution is -0.442. The minimum atomic E-state index is -6.42. The first-order valence-corrected chi connectivity index (χ1v) is 5.14. The van der Waals surface area contributed by atoms with Crippen LogP contribution in [0.3, 0.4) is 0 Å². The third kappa shape index (κ3) is 4.08. The Bertz CT molecular complexity index is 532. The molecule has 1 aromatic rings. The summed E-state index contributed by atoms with van der Waals surface area (Å²) in [6, 6.07) is 1.58. The fourth-order valence-corrected chi connectivity index (χ4v) is 1.04. The van der Waals surface area contributed by atoms with Gasteiger partial charge in [0.15, 0.2) is 0 Å². The number of rotatable bonds is 5. The van der Waals surface area contributed by atoms with Gasteiger partial charge in [0.2, 0.25) is 0 Å². The average Bonchev–Trinajstić information content (AvgIpc) is 2.31. The molecule has 12 heteroatoms. The van der Waals surface area contributed by atoms with Crippen LogP contribution in [-0.4, -0.2) is 24.8 Å². The predicted octanol–water partition coefficient (Wildman–Crippen LogP) is 3.85. The first-order valence-electron chi connectivity index (χ1n) is 5.14. The largest absolute Gasteiger partial charge is 0.483 e. The van der Waals surface area contributed by atoms with Crippen LogP contribution in [0.4, 0.5) is 45.2 Å². The van der Waals surface area contributed by atoms with Crippen LogP contribution in [-0.2, 0) is 4.74 Å². The molecule has 2 N–H and O–H groups in total. The molecule has 126 valence electrons. The molecule has 0 spiro atoms. The first kappa shape index (κ1) is 18.2. The Morgan fingerprint density at radius 1 is 1.00 bits per heavy atom. The Morgan fingerprint density at radius 2 is 1.55 bits per heavy atom. The fourth-order valence-electron chi connectivity index (χ4n) is 1.04. The van der Waals surface area contributed by atoms with Gasteiger partial charge in [0, 0.05) is 6.07 Å². The van der Waals surface area contributed by atoms with Crippen LogP contribution in [0.1, 0.15) is 0 Å². The highest BCUT2D eigenvalue weighted by atomic mass is 19.4. The van der Waals surface area contributed by atoms with Crippen LogP contribution >= 0.6 is 0 Å². The summed E-state index contributed by atoms with van der Waals surface area (Å²) in [6.45, 7) is 0. The maximum atomic E-state index is 13.1. The molecule has 0 saturated heterocycles. The van der Waals surface area contributed by atoms with E-state index in [9.17, 15) is 39.5 Å². The number of hydrogen-bond donors (Lipinski definition) is 1. The van der Waals surface area contributed by atoms with Crippen molar-refractivity contribution in [3.8, 4) is 5.75 Å². The SMILES string of the molecule is Nc1ccc(OC(F)(F)C(F)OC(F)(F)C(F)(F)F)cc1F. The Kier molecular flexibility index (Phi) is 4.75. The maximum absolute atomic E-state index is 13.1. The molecule has 0 aliphatic heterocycles. The zero-order valence-electron chi connectivity index (χ0n) is 10.1. The molecule has 0 aliphatic carbocycles. The molecule has 1 rings (SSSR count). The Hall–Kier alpha value is -1.85. The summed E-state index contributed by atoms with van der Waals surface area (Å²) in [5, 5.41) is 0. The van der Waals surface area contributed by atoms with Crippen LogP contribution < -0.4 is 10.5 Å². The van der Waals surface area contributed by atoms with Gasteiger partial charge in [-0.3, -0.25) is 4.74 Å². The van der Waals surface area contributed by atoms with Crippen molar-refractivity contribution in [2.24, 2.45) is 0 Å². The van der Waals surface area contributed by atoms with E-state index in [4.69, 9.17) is 5.73 Å². The van der Waals surface area contributed by atoms with Crippen LogP contribution in [0.15, 0.2) is 18.2 Å². The summed E-state index contributed by atoms with van der Waals surface area (Å²) in [6.07, 6.45) is -22.3. The maximum Gasteiger partial charge on any atom is 0.483 e. The molecule has 1 atom stereocenters. The van der Waals surface area contributed by atoms with Gasteiger partial charge in [-0.05, 0) is 12.1 Å². The van der Waals surface area contributed by atoms with E-state index >= 15 is 0 Å². The number of hydrogen-bond acceptors (Lipinski definition) is 3. The highest BCUT2D eigenvalue weighted by Gasteiger charge is 2.64. The molecule has 1 aromatic carbocycles. The highest BCUT2D eigenvalue weighted by Crippen LogP contribution is 2.40. The molecular formula is C10H6F9NO2. The molecule has 0 aliphatic rings. The second-order valence-electron chi connectivity index (χ2n) is 3.80. The van der Waals surface area contributed by atoms with E-state index in [0.717, 1.165) is 6.07 Å². The van der Waals surface area contributed by atoms with Gasteiger partial charge in [0.1, 0.15) is 11.6 Å². The van der Waals surface area contributed by atoms with E-state index in [0.29, 0.717) is 6.07 Å². The minimum Gasteiger partial charge on any atom is -0.428 e. The summed E-state index contributed by atoms with van der Waals surface area (Å²) in [5.41, 5.74) is 4.51. The van der Waals surface area contributed by atoms with Gasteiger partial charge in [0.05, 0.1) is 5.69 Å². The van der Waals surface area contributed by atoms with E-state index in [-0.39, 0.29) is 6.07 Å².